The molecule has 2 aromatic carbocycles. The molecule has 0 unspecified atom stereocenters. The number of amides is 1. The third kappa shape index (κ3) is 4.61. The Morgan fingerprint density at radius 3 is 2.33 bits per heavy atom. The van der Waals surface area contributed by atoms with Gasteiger partial charge in [-0.25, -0.2) is 17.2 Å². The minimum atomic E-state index is -4.09. The van der Waals surface area contributed by atoms with E-state index in [9.17, 15) is 31.9 Å². The average Bonchev–Trinajstić information content (AvgIpc) is 2.70. The lowest BCUT2D eigenvalue weighted by atomic mass is 9.99. The molecule has 160 valence electrons. The number of carbonyl (C=O) groups excluding carboxylic acids is 2. The minimum absolute atomic E-state index is 0.0458. The standard InChI is InChI=1S/C19H17ClF2N2O5S/c20-12-1-4-17(16(22)9-12)23-18(25)14-10-13(2-3-15(14)21)30(28,29)24-7-5-11(6-8-24)19(26)27/h1-4,9-11H,5-8H2,(H,23,25)(H,26,27)/p-1. The highest BCUT2D eigenvalue weighted by molar-refractivity contribution is 7.89. The normalized spacial score (nSPS) is 15.7. The lowest BCUT2D eigenvalue weighted by Gasteiger charge is -2.31. The molecule has 0 aromatic heterocycles. The molecule has 0 radical (unpaired) electrons. The molecule has 0 aliphatic carbocycles. The first-order valence-electron chi connectivity index (χ1n) is 8.86. The number of carboxylic acids is 1. The molecule has 3 rings (SSSR count). The summed E-state index contributed by atoms with van der Waals surface area (Å²) in [6.45, 7) is -0.0915. The molecule has 0 atom stereocenters. The fraction of sp³-hybridized carbons (Fsp3) is 0.263. The molecule has 0 bridgehead atoms. The lowest BCUT2D eigenvalue weighted by Crippen LogP contribution is -2.43. The van der Waals surface area contributed by atoms with Crippen LogP contribution in [0.1, 0.15) is 23.2 Å². The van der Waals surface area contributed by atoms with Crippen LogP contribution in [-0.2, 0) is 14.8 Å². The van der Waals surface area contributed by atoms with Gasteiger partial charge in [0.1, 0.15) is 11.6 Å². The van der Waals surface area contributed by atoms with Crippen molar-refractivity contribution < 1.29 is 31.9 Å². The Morgan fingerprint density at radius 1 is 1.07 bits per heavy atom. The van der Waals surface area contributed by atoms with E-state index < -0.39 is 45.0 Å². The van der Waals surface area contributed by atoms with E-state index >= 15 is 0 Å². The van der Waals surface area contributed by atoms with E-state index in [1.165, 1.54) is 12.1 Å². The third-order valence-electron chi connectivity index (χ3n) is 4.79. The SMILES string of the molecule is O=C(Nc1ccc(Cl)cc1F)c1cc(S(=O)(=O)N2CCC(C(=O)[O-])CC2)ccc1F. The fourth-order valence-corrected chi connectivity index (χ4v) is 4.76. The second-order valence-corrected chi connectivity index (χ2v) is 9.09. The molecule has 0 spiro atoms. The minimum Gasteiger partial charge on any atom is -0.550 e. The molecular formula is C19H16ClF2N2O5S-. The Kier molecular flexibility index (Phi) is 6.39. The van der Waals surface area contributed by atoms with Gasteiger partial charge < -0.3 is 15.2 Å². The summed E-state index contributed by atoms with van der Waals surface area (Å²) >= 11 is 5.65. The predicted molar refractivity (Wildman–Crippen MR) is 102 cm³/mol. The summed E-state index contributed by atoms with van der Waals surface area (Å²) in [5.74, 6) is -4.84. The van der Waals surface area contributed by atoms with Crippen molar-refractivity contribution in [3.63, 3.8) is 0 Å². The quantitative estimate of drug-likeness (QED) is 0.739. The van der Waals surface area contributed by atoms with Crippen LogP contribution < -0.4 is 10.4 Å². The van der Waals surface area contributed by atoms with Gasteiger partial charge in [-0.2, -0.15) is 4.31 Å². The van der Waals surface area contributed by atoms with Gasteiger partial charge in [0.05, 0.1) is 16.1 Å². The number of halogens is 3. The number of benzene rings is 2. The largest absolute Gasteiger partial charge is 0.550 e. The summed E-state index contributed by atoms with van der Waals surface area (Å²) in [5, 5.41) is 13.2. The average molecular weight is 458 g/mol. The van der Waals surface area contributed by atoms with Gasteiger partial charge in [0.2, 0.25) is 10.0 Å². The second-order valence-electron chi connectivity index (χ2n) is 6.72. The molecule has 1 heterocycles. The van der Waals surface area contributed by atoms with Crippen LogP contribution in [0, 0.1) is 17.6 Å². The molecule has 7 nitrogen and oxygen atoms in total. The van der Waals surface area contributed by atoms with Crippen molar-refractivity contribution in [2.45, 2.75) is 17.7 Å². The van der Waals surface area contributed by atoms with Crippen LogP contribution in [0.2, 0.25) is 5.02 Å². The number of anilines is 1. The Labute approximate surface area is 176 Å². The van der Waals surface area contributed by atoms with E-state index in [0.29, 0.717) is 0 Å². The van der Waals surface area contributed by atoms with Gasteiger partial charge in [-0.15, -0.1) is 0 Å². The predicted octanol–water partition coefficient (Wildman–Crippen LogP) is 2.02. The van der Waals surface area contributed by atoms with Crippen LogP contribution in [0.15, 0.2) is 41.3 Å². The molecule has 2 aromatic rings. The summed E-state index contributed by atoms with van der Waals surface area (Å²) in [6.07, 6.45) is 0.178. The van der Waals surface area contributed by atoms with Gasteiger partial charge in [0, 0.05) is 30.0 Å². The molecule has 1 saturated heterocycles. The zero-order valence-electron chi connectivity index (χ0n) is 15.4. The Bertz CT molecular complexity index is 1100. The number of nitrogens with one attached hydrogen (secondary N) is 1. The summed E-state index contributed by atoms with van der Waals surface area (Å²) < 4.78 is 54.8. The summed E-state index contributed by atoms with van der Waals surface area (Å²) in [5.41, 5.74) is -0.837. The van der Waals surface area contributed by atoms with Crippen LogP contribution >= 0.6 is 11.6 Å². The maximum atomic E-state index is 14.2. The number of rotatable bonds is 5. The maximum Gasteiger partial charge on any atom is 0.258 e. The van der Waals surface area contributed by atoms with Crippen molar-refractivity contribution in [1.82, 2.24) is 4.31 Å². The van der Waals surface area contributed by atoms with Crippen LogP contribution in [0.25, 0.3) is 0 Å². The van der Waals surface area contributed by atoms with E-state index in [0.717, 1.165) is 28.6 Å². The molecule has 30 heavy (non-hydrogen) atoms. The van der Waals surface area contributed by atoms with Gasteiger partial charge in [-0.05, 0) is 49.2 Å². The smallest absolute Gasteiger partial charge is 0.258 e. The lowest BCUT2D eigenvalue weighted by molar-refractivity contribution is -0.312. The number of carbonyl (C=O) groups is 2. The highest BCUT2D eigenvalue weighted by atomic mass is 35.5. The van der Waals surface area contributed by atoms with E-state index in [4.69, 9.17) is 11.6 Å². The molecule has 1 N–H and O–H groups in total. The first-order valence-corrected chi connectivity index (χ1v) is 10.7. The number of carboxylic acid groups (broad SMARTS) is 1. The van der Waals surface area contributed by atoms with Crippen molar-refractivity contribution in [2.75, 3.05) is 18.4 Å². The first kappa shape index (κ1) is 22.1. The van der Waals surface area contributed by atoms with Crippen LogP contribution in [0.4, 0.5) is 14.5 Å². The number of sulfonamides is 1. The van der Waals surface area contributed by atoms with E-state index in [2.05, 4.69) is 5.32 Å². The Morgan fingerprint density at radius 2 is 1.73 bits per heavy atom. The number of hydrogen-bond acceptors (Lipinski definition) is 5. The molecule has 1 amide bonds. The van der Waals surface area contributed by atoms with Crippen molar-refractivity contribution in [3.05, 3.63) is 58.6 Å². The van der Waals surface area contributed by atoms with Gasteiger partial charge in [0.15, 0.2) is 0 Å². The maximum absolute atomic E-state index is 14.2. The van der Waals surface area contributed by atoms with Gasteiger partial charge in [-0.3, -0.25) is 4.79 Å². The third-order valence-corrected chi connectivity index (χ3v) is 6.92. The number of hydrogen-bond donors (Lipinski definition) is 1. The van der Waals surface area contributed by atoms with Gasteiger partial charge in [0.25, 0.3) is 5.91 Å². The topological polar surface area (TPSA) is 107 Å². The number of aliphatic carboxylic acids is 1. The zero-order chi connectivity index (χ0) is 22.1. The molecule has 1 fully saturated rings. The summed E-state index contributed by atoms with van der Waals surface area (Å²) in [4.78, 5) is 23.0. The molecule has 1 aliphatic rings. The van der Waals surface area contributed by atoms with Gasteiger partial charge >= 0.3 is 0 Å². The van der Waals surface area contributed by atoms with E-state index in [1.807, 2.05) is 0 Å². The molecule has 11 heteroatoms. The summed E-state index contributed by atoms with van der Waals surface area (Å²) in [7, 11) is -4.09. The fourth-order valence-electron chi connectivity index (χ4n) is 3.10. The van der Waals surface area contributed by atoms with Crippen molar-refractivity contribution >= 4 is 39.2 Å². The van der Waals surface area contributed by atoms with Crippen LogP contribution in [0.3, 0.4) is 0 Å². The first-order chi connectivity index (χ1) is 14.1. The van der Waals surface area contributed by atoms with Crippen LogP contribution in [0.5, 0.6) is 0 Å². The Balaban J connectivity index is 1.84. The Hall–Kier alpha value is -2.56. The number of nitrogens with zero attached hydrogens (tertiary/aromatic N) is 1. The van der Waals surface area contributed by atoms with Crippen LogP contribution in [-0.4, -0.2) is 37.7 Å². The van der Waals surface area contributed by atoms with Gasteiger partial charge in [-0.1, -0.05) is 11.6 Å². The number of piperidine rings is 1. The monoisotopic (exact) mass is 457 g/mol. The molecule has 0 saturated carbocycles. The highest BCUT2D eigenvalue weighted by Crippen LogP contribution is 2.26. The summed E-state index contributed by atoms with van der Waals surface area (Å²) in [6, 6.07) is 6.18. The van der Waals surface area contributed by atoms with E-state index in [-0.39, 0.29) is 41.5 Å². The molecule has 1 aliphatic heterocycles. The van der Waals surface area contributed by atoms with E-state index in [1.54, 1.807) is 0 Å². The highest BCUT2D eigenvalue weighted by Gasteiger charge is 2.31. The van der Waals surface area contributed by atoms with Crippen molar-refractivity contribution in [1.29, 1.82) is 0 Å². The molecular weight excluding hydrogens is 442 g/mol. The second kappa shape index (κ2) is 8.66. The zero-order valence-corrected chi connectivity index (χ0v) is 17.0. The van der Waals surface area contributed by atoms with Crippen molar-refractivity contribution in [2.24, 2.45) is 5.92 Å². The van der Waals surface area contributed by atoms with Crippen molar-refractivity contribution in [3.8, 4) is 0 Å².